The second-order valence-corrected chi connectivity index (χ2v) is 6.94. The molecule has 1 aliphatic rings. The lowest BCUT2D eigenvalue weighted by Crippen LogP contribution is -2.33. The van der Waals surface area contributed by atoms with Gasteiger partial charge in [0.25, 0.3) is 0 Å². The molecule has 2 aromatic rings. The summed E-state index contributed by atoms with van der Waals surface area (Å²) in [4.78, 5) is 11.5. The minimum atomic E-state index is 0.512. The lowest BCUT2D eigenvalue weighted by Gasteiger charge is -2.24. The van der Waals surface area contributed by atoms with E-state index in [1.165, 1.54) is 12.8 Å². The Labute approximate surface area is 130 Å². The van der Waals surface area contributed by atoms with E-state index < -0.39 is 0 Å². The standard InChI is InChI=1S/C15H23N5S/c1-11(2)9-14-17-15(21-18-14)20-7-4-5-13(20)10-19-8-6-16-12(19)3/h6,8,11,13H,4-5,7,9-10H2,1-3H3. The van der Waals surface area contributed by atoms with Gasteiger partial charge in [-0.1, -0.05) is 13.8 Å². The Morgan fingerprint density at radius 1 is 1.43 bits per heavy atom. The first kappa shape index (κ1) is 14.5. The highest BCUT2D eigenvalue weighted by Crippen LogP contribution is 2.28. The van der Waals surface area contributed by atoms with Gasteiger partial charge in [0.2, 0.25) is 5.13 Å². The smallest absolute Gasteiger partial charge is 0.205 e. The van der Waals surface area contributed by atoms with Crippen LogP contribution in [0, 0.1) is 12.8 Å². The zero-order chi connectivity index (χ0) is 14.8. The van der Waals surface area contributed by atoms with Gasteiger partial charge in [0, 0.05) is 49.5 Å². The molecule has 0 N–H and O–H groups in total. The third kappa shape index (κ3) is 3.26. The van der Waals surface area contributed by atoms with Crippen LogP contribution in [0.3, 0.4) is 0 Å². The third-order valence-corrected chi connectivity index (χ3v) is 4.79. The molecule has 0 amide bonds. The van der Waals surface area contributed by atoms with E-state index in [2.05, 4.69) is 45.8 Å². The molecule has 0 saturated carbocycles. The minimum absolute atomic E-state index is 0.512. The van der Waals surface area contributed by atoms with Crippen LogP contribution < -0.4 is 4.90 Å². The minimum Gasteiger partial charge on any atom is -0.342 e. The summed E-state index contributed by atoms with van der Waals surface area (Å²) in [5.74, 6) is 2.68. The van der Waals surface area contributed by atoms with Gasteiger partial charge in [-0.05, 0) is 25.7 Å². The second kappa shape index (κ2) is 6.13. The molecule has 3 rings (SSSR count). The van der Waals surface area contributed by atoms with Crippen LogP contribution in [-0.2, 0) is 13.0 Å². The van der Waals surface area contributed by atoms with E-state index in [0.717, 1.165) is 36.3 Å². The molecule has 0 aromatic carbocycles. The Balaban J connectivity index is 1.71. The first-order valence-corrected chi connectivity index (χ1v) is 8.48. The van der Waals surface area contributed by atoms with Crippen LogP contribution in [0.4, 0.5) is 5.13 Å². The second-order valence-electron chi connectivity index (χ2n) is 6.21. The summed E-state index contributed by atoms with van der Waals surface area (Å²) in [5.41, 5.74) is 0. The van der Waals surface area contributed by atoms with Crippen molar-refractivity contribution in [2.45, 2.75) is 52.6 Å². The molecule has 21 heavy (non-hydrogen) atoms. The van der Waals surface area contributed by atoms with Crippen molar-refractivity contribution < 1.29 is 0 Å². The molecule has 0 radical (unpaired) electrons. The Bertz CT molecular complexity index is 588. The summed E-state index contributed by atoms with van der Waals surface area (Å²) in [6, 6.07) is 0.512. The quantitative estimate of drug-likeness (QED) is 0.852. The fourth-order valence-corrected chi connectivity index (χ4v) is 3.70. The Morgan fingerprint density at radius 2 is 2.29 bits per heavy atom. The van der Waals surface area contributed by atoms with Crippen LogP contribution >= 0.6 is 11.5 Å². The van der Waals surface area contributed by atoms with E-state index in [0.29, 0.717) is 12.0 Å². The normalized spacial score (nSPS) is 18.9. The van der Waals surface area contributed by atoms with Crippen molar-refractivity contribution in [2.75, 3.05) is 11.4 Å². The molecule has 0 bridgehead atoms. The predicted molar refractivity (Wildman–Crippen MR) is 85.8 cm³/mol. The molecular formula is C15H23N5S. The highest BCUT2D eigenvalue weighted by Gasteiger charge is 2.28. The van der Waals surface area contributed by atoms with Crippen LogP contribution in [0.1, 0.15) is 38.3 Å². The molecule has 6 heteroatoms. The molecule has 114 valence electrons. The molecule has 3 heterocycles. The van der Waals surface area contributed by atoms with Gasteiger partial charge in [-0.3, -0.25) is 0 Å². The summed E-state index contributed by atoms with van der Waals surface area (Å²) >= 11 is 1.55. The molecule has 1 fully saturated rings. The lowest BCUT2D eigenvalue weighted by molar-refractivity contribution is 0.539. The third-order valence-electron chi connectivity index (χ3n) is 4.00. The maximum absolute atomic E-state index is 4.74. The van der Waals surface area contributed by atoms with E-state index in [1.807, 2.05) is 6.20 Å². The van der Waals surface area contributed by atoms with E-state index in [-0.39, 0.29) is 0 Å². The van der Waals surface area contributed by atoms with Crippen molar-refractivity contribution in [1.82, 2.24) is 18.9 Å². The van der Waals surface area contributed by atoms with Crippen LogP contribution in [0.25, 0.3) is 0 Å². The molecule has 0 spiro atoms. The number of aromatic nitrogens is 4. The Morgan fingerprint density at radius 3 is 3.00 bits per heavy atom. The van der Waals surface area contributed by atoms with Crippen molar-refractivity contribution in [1.29, 1.82) is 0 Å². The number of anilines is 1. The summed E-state index contributed by atoms with van der Waals surface area (Å²) in [6.45, 7) is 8.56. The Hall–Kier alpha value is -1.43. The number of aryl methyl sites for hydroxylation is 1. The van der Waals surface area contributed by atoms with E-state index in [1.54, 1.807) is 11.5 Å². The average molecular weight is 305 g/mol. The number of hydrogen-bond acceptors (Lipinski definition) is 5. The molecule has 1 unspecified atom stereocenters. The van der Waals surface area contributed by atoms with Gasteiger partial charge in [-0.15, -0.1) is 0 Å². The van der Waals surface area contributed by atoms with Gasteiger partial charge in [0.1, 0.15) is 11.6 Å². The van der Waals surface area contributed by atoms with E-state index in [9.17, 15) is 0 Å². The average Bonchev–Trinajstić information content (AvgIpc) is 3.12. The maximum atomic E-state index is 4.74. The van der Waals surface area contributed by atoms with Gasteiger partial charge >= 0.3 is 0 Å². The van der Waals surface area contributed by atoms with Gasteiger partial charge in [-0.25, -0.2) is 9.97 Å². The number of rotatable bonds is 5. The van der Waals surface area contributed by atoms with Crippen LogP contribution in [0.2, 0.25) is 0 Å². The lowest BCUT2D eigenvalue weighted by atomic mass is 10.1. The van der Waals surface area contributed by atoms with Crippen LogP contribution in [-0.4, -0.2) is 31.5 Å². The monoisotopic (exact) mass is 305 g/mol. The molecule has 2 aromatic heterocycles. The van der Waals surface area contributed by atoms with Crippen molar-refractivity contribution in [3.63, 3.8) is 0 Å². The first-order valence-electron chi connectivity index (χ1n) is 7.70. The van der Waals surface area contributed by atoms with Crippen molar-refractivity contribution >= 4 is 16.7 Å². The molecule has 0 aliphatic carbocycles. The number of imidazole rings is 1. The van der Waals surface area contributed by atoms with Gasteiger partial charge < -0.3 is 9.47 Å². The Kier molecular flexibility index (Phi) is 4.24. The fraction of sp³-hybridized carbons (Fsp3) is 0.667. The summed E-state index contributed by atoms with van der Waals surface area (Å²) in [5, 5.41) is 1.09. The van der Waals surface area contributed by atoms with Gasteiger partial charge in [-0.2, -0.15) is 4.37 Å². The summed E-state index contributed by atoms with van der Waals surface area (Å²) in [7, 11) is 0. The van der Waals surface area contributed by atoms with E-state index >= 15 is 0 Å². The number of hydrogen-bond donors (Lipinski definition) is 0. The highest BCUT2D eigenvalue weighted by atomic mass is 32.1. The molecule has 1 atom stereocenters. The highest BCUT2D eigenvalue weighted by molar-refractivity contribution is 7.09. The molecular weight excluding hydrogens is 282 g/mol. The summed E-state index contributed by atoms with van der Waals surface area (Å²) < 4.78 is 6.75. The van der Waals surface area contributed by atoms with Crippen LogP contribution in [0.15, 0.2) is 12.4 Å². The van der Waals surface area contributed by atoms with E-state index in [4.69, 9.17) is 4.98 Å². The van der Waals surface area contributed by atoms with Crippen molar-refractivity contribution in [2.24, 2.45) is 5.92 Å². The fourth-order valence-electron chi connectivity index (χ4n) is 2.91. The molecule has 5 nitrogen and oxygen atoms in total. The van der Waals surface area contributed by atoms with Crippen molar-refractivity contribution in [3.8, 4) is 0 Å². The zero-order valence-electron chi connectivity index (χ0n) is 13.0. The predicted octanol–water partition coefficient (Wildman–Crippen LogP) is 2.91. The molecule has 1 saturated heterocycles. The summed E-state index contributed by atoms with van der Waals surface area (Å²) in [6.07, 6.45) is 7.36. The maximum Gasteiger partial charge on any atom is 0.205 e. The topological polar surface area (TPSA) is 46.8 Å². The van der Waals surface area contributed by atoms with Gasteiger partial charge in [0.05, 0.1) is 0 Å². The first-order chi connectivity index (χ1) is 10.1. The van der Waals surface area contributed by atoms with Crippen LogP contribution in [0.5, 0.6) is 0 Å². The zero-order valence-corrected chi connectivity index (χ0v) is 13.8. The van der Waals surface area contributed by atoms with Gasteiger partial charge in [0.15, 0.2) is 0 Å². The van der Waals surface area contributed by atoms with Crippen molar-refractivity contribution in [3.05, 3.63) is 24.0 Å². The molecule has 1 aliphatic heterocycles. The number of nitrogens with zero attached hydrogens (tertiary/aromatic N) is 5. The largest absolute Gasteiger partial charge is 0.342 e. The SMILES string of the molecule is Cc1nccn1CC1CCCN1c1nc(CC(C)C)ns1.